The van der Waals surface area contributed by atoms with Crippen molar-refractivity contribution in [2.75, 3.05) is 7.11 Å². The van der Waals surface area contributed by atoms with Gasteiger partial charge in [0.25, 0.3) is 0 Å². The lowest BCUT2D eigenvalue weighted by atomic mass is 10.0. The van der Waals surface area contributed by atoms with Crippen molar-refractivity contribution < 1.29 is 19.1 Å². The first-order chi connectivity index (χ1) is 9.99. The standard InChI is InChI=1S/C15H18N2O4/c1-9-3-5-12(21-2)10(7-9)8-14(19)16-11-4-6-13(18)17-15(11)20/h3,5,7,11H,4,6,8H2,1-2H3,(H,16,19)(H,17,18,20). The minimum atomic E-state index is -0.647. The van der Waals surface area contributed by atoms with E-state index >= 15 is 0 Å². The molecule has 0 radical (unpaired) electrons. The van der Waals surface area contributed by atoms with E-state index in [2.05, 4.69) is 10.6 Å². The Labute approximate surface area is 122 Å². The number of benzene rings is 1. The summed E-state index contributed by atoms with van der Waals surface area (Å²) in [4.78, 5) is 34.7. The van der Waals surface area contributed by atoms with Gasteiger partial charge in [-0.25, -0.2) is 0 Å². The summed E-state index contributed by atoms with van der Waals surface area (Å²) >= 11 is 0. The molecule has 2 rings (SSSR count). The molecule has 21 heavy (non-hydrogen) atoms. The molecule has 1 fully saturated rings. The Kier molecular flexibility index (Phi) is 4.57. The van der Waals surface area contributed by atoms with Gasteiger partial charge in [0.1, 0.15) is 11.8 Å². The fourth-order valence-electron chi connectivity index (χ4n) is 2.30. The maximum atomic E-state index is 12.1. The summed E-state index contributed by atoms with van der Waals surface area (Å²) in [5.74, 6) is -0.380. The number of carbonyl (C=O) groups excluding carboxylic acids is 3. The highest BCUT2D eigenvalue weighted by molar-refractivity contribution is 6.01. The number of amides is 3. The summed E-state index contributed by atoms with van der Waals surface area (Å²) in [6.07, 6.45) is 0.703. The van der Waals surface area contributed by atoms with Gasteiger partial charge in [-0.15, -0.1) is 0 Å². The van der Waals surface area contributed by atoms with Crippen LogP contribution in [0.25, 0.3) is 0 Å². The fraction of sp³-hybridized carbons (Fsp3) is 0.400. The Bertz CT molecular complexity index is 583. The summed E-state index contributed by atoms with van der Waals surface area (Å²) in [6.45, 7) is 1.93. The van der Waals surface area contributed by atoms with E-state index in [1.165, 1.54) is 0 Å². The van der Waals surface area contributed by atoms with Crippen LogP contribution >= 0.6 is 0 Å². The number of methoxy groups -OCH3 is 1. The van der Waals surface area contributed by atoms with Crippen molar-refractivity contribution in [1.82, 2.24) is 10.6 Å². The second-order valence-electron chi connectivity index (χ2n) is 5.06. The molecule has 1 heterocycles. The number of aryl methyl sites for hydroxylation is 1. The van der Waals surface area contributed by atoms with E-state index in [9.17, 15) is 14.4 Å². The summed E-state index contributed by atoms with van der Waals surface area (Å²) < 4.78 is 5.22. The molecular formula is C15H18N2O4. The molecule has 1 atom stereocenters. The van der Waals surface area contributed by atoms with Crippen LogP contribution < -0.4 is 15.4 Å². The van der Waals surface area contributed by atoms with Crippen LogP contribution in [0.4, 0.5) is 0 Å². The van der Waals surface area contributed by atoms with Crippen molar-refractivity contribution in [3.05, 3.63) is 29.3 Å². The summed E-state index contributed by atoms with van der Waals surface area (Å²) in [5.41, 5.74) is 1.79. The number of hydrogen-bond acceptors (Lipinski definition) is 4. The molecule has 1 aliphatic rings. The third kappa shape index (κ3) is 3.81. The van der Waals surface area contributed by atoms with Gasteiger partial charge in [-0.3, -0.25) is 19.7 Å². The van der Waals surface area contributed by atoms with Crippen LogP contribution in [0.2, 0.25) is 0 Å². The molecule has 1 aromatic rings. The quantitative estimate of drug-likeness (QED) is 0.789. The van der Waals surface area contributed by atoms with Crippen molar-refractivity contribution >= 4 is 17.7 Å². The van der Waals surface area contributed by atoms with Crippen LogP contribution in [0.1, 0.15) is 24.0 Å². The van der Waals surface area contributed by atoms with Gasteiger partial charge in [0.05, 0.1) is 13.5 Å². The molecule has 0 saturated carbocycles. The normalized spacial score (nSPS) is 18.1. The zero-order chi connectivity index (χ0) is 15.4. The highest BCUT2D eigenvalue weighted by Crippen LogP contribution is 2.20. The predicted octanol–water partition coefficient (Wildman–Crippen LogP) is 0.468. The van der Waals surface area contributed by atoms with Gasteiger partial charge in [-0.05, 0) is 19.4 Å². The van der Waals surface area contributed by atoms with Gasteiger partial charge < -0.3 is 10.1 Å². The molecule has 1 aromatic carbocycles. The molecule has 0 aromatic heterocycles. The van der Waals surface area contributed by atoms with Gasteiger partial charge in [0, 0.05) is 12.0 Å². The summed E-state index contributed by atoms with van der Waals surface area (Å²) in [7, 11) is 1.55. The summed E-state index contributed by atoms with van der Waals surface area (Å²) in [5, 5.41) is 4.86. The van der Waals surface area contributed by atoms with E-state index in [4.69, 9.17) is 4.74 Å². The molecule has 0 bridgehead atoms. The smallest absolute Gasteiger partial charge is 0.249 e. The minimum Gasteiger partial charge on any atom is -0.496 e. The maximum Gasteiger partial charge on any atom is 0.249 e. The van der Waals surface area contributed by atoms with Crippen molar-refractivity contribution in [3.63, 3.8) is 0 Å². The zero-order valence-electron chi connectivity index (χ0n) is 12.1. The Hall–Kier alpha value is -2.37. The Morgan fingerprint density at radius 3 is 2.86 bits per heavy atom. The Balaban J connectivity index is 2.00. The van der Waals surface area contributed by atoms with Crippen molar-refractivity contribution in [2.45, 2.75) is 32.2 Å². The molecule has 6 heteroatoms. The number of imide groups is 1. The Morgan fingerprint density at radius 2 is 2.19 bits per heavy atom. The number of hydrogen-bond donors (Lipinski definition) is 2. The van der Waals surface area contributed by atoms with Gasteiger partial charge in [0.15, 0.2) is 0 Å². The van der Waals surface area contributed by atoms with E-state index < -0.39 is 11.9 Å². The van der Waals surface area contributed by atoms with Gasteiger partial charge >= 0.3 is 0 Å². The molecule has 1 saturated heterocycles. The van der Waals surface area contributed by atoms with E-state index in [-0.39, 0.29) is 24.7 Å². The second kappa shape index (κ2) is 6.39. The van der Waals surface area contributed by atoms with E-state index in [1.54, 1.807) is 7.11 Å². The first-order valence-electron chi connectivity index (χ1n) is 6.76. The first kappa shape index (κ1) is 15.0. The topological polar surface area (TPSA) is 84.5 Å². The van der Waals surface area contributed by atoms with Crippen LogP contribution in [0, 0.1) is 6.92 Å². The lowest BCUT2D eigenvalue weighted by Crippen LogP contribution is -2.52. The maximum absolute atomic E-state index is 12.1. The molecule has 1 unspecified atom stereocenters. The van der Waals surface area contributed by atoms with Crippen LogP contribution in [0.15, 0.2) is 18.2 Å². The fourth-order valence-corrected chi connectivity index (χ4v) is 2.30. The molecule has 0 aliphatic carbocycles. The average Bonchev–Trinajstić information content (AvgIpc) is 2.42. The van der Waals surface area contributed by atoms with Crippen molar-refractivity contribution in [2.24, 2.45) is 0 Å². The molecule has 3 amide bonds. The number of carbonyl (C=O) groups is 3. The largest absolute Gasteiger partial charge is 0.496 e. The molecule has 0 spiro atoms. The van der Waals surface area contributed by atoms with Crippen LogP contribution in [0.3, 0.4) is 0 Å². The lowest BCUT2D eigenvalue weighted by Gasteiger charge is -2.22. The SMILES string of the molecule is COc1ccc(C)cc1CC(=O)NC1CCC(=O)NC1=O. The number of piperidine rings is 1. The molecule has 2 N–H and O–H groups in total. The monoisotopic (exact) mass is 290 g/mol. The zero-order valence-corrected chi connectivity index (χ0v) is 12.1. The molecular weight excluding hydrogens is 272 g/mol. The highest BCUT2D eigenvalue weighted by atomic mass is 16.5. The van der Waals surface area contributed by atoms with E-state index in [1.807, 2.05) is 25.1 Å². The van der Waals surface area contributed by atoms with E-state index in [0.717, 1.165) is 11.1 Å². The lowest BCUT2D eigenvalue weighted by molar-refractivity contribution is -0.137. The Morgan fingerprint density at radius 1 is 1.43 bits per heavy atom. The van der Waals surface area contributed by atoms with E-state index in [0.29, 0.717) is 12.2 Å². The van der Waals surface area contributed by atoms with Gasteiger partial charge in [-0.2, -0.15) is 0 Å². The average molecular weight is 290 g/mol. The minimum absolute atomic E-state index is 0.128. The third-order valence-electron chi connectivity index (χ3n) is 3.36. The van der Waals surface area contributed by atoms with Gasteiger partial charge in [0.2, 0.25) is 17.7 Å². The number of ether oxygens (including phenoxy) is 1. The first-order valence-corrected chi connectivity index (χ1v) is 6.76. The number of rotatable bonds is 4. The third-order valence-corrected chi connectivity index (χ3v) is 3.36. The molecule has 6 nitrogen and oxygen atoms in total. The van der Waals surface area contributed by atoms with Crippen LogP contribution in [-0.2, 0) is 20.8 Å². The number of nitrogens with one attached hydrogen (secondary N) is 2. The summed E-state index contributed by atoms with van der Waals surface area (Å²) in [6, 6.07) is 4.94. The molecule has 112 valence electrons. The molecule has 1 aliphatic heterocycles. The van der Waals surface area contributed by atoms with Crippen molar-refractivity contribution in [1.29, 1.82) is 0 Å². The van der Waals surface area contributed by atoms with Crippen molar-refractivity contribution in [3.8, 4) is 5.75 Å². The van der Waals surface area contributed by atoms with Gasteiger partial charge in [-0.1, -0.05) is 17.7 Å². The van der Waals surface area contributed by atoms with Crippen LogP contribution in [0.5, 0.6) is 5.75 Å². The second-order valence-corrected chi connectivity index (χ2v) is 5.06. The highest BCUT2D eigenvalue weighted by Gasteiger charge is 2.27. The van der Waals surface area contributed by atoms with Crippen LogP contribution in [-0.4, -0.2) is 30.9 Å². The predicted molar refractivity (Wildman–Crippen MR) is 75.7 cm³/mol.